The molecule has 0 saturated carbocycles. The predicted octanol–water partition coefficient (Wildman–Crippen LogP) is -0.0483. The third-order valence-corrected chi connectivity index (χ3v) is 7.07. The lowest BCUT2D eigenvalue weighted by molar-refractivity contribution is -0.133. The van der Waals surface area contributed by atoms with Gasteiger partial charge in [-0.05, 0) is 33.6 Å². The van der Waals surface area contributed by atoms with Gasteiger partial charge in [-0.3, -0.25) is 29.1 Å². The van der Waals surface area contributed by atoms with Crippen molar-refractivity contribution >= 4 is 23.6 Å². The molecule has 0 unspecified atom stereocenters. The summed E-state index contributed by atoms with van der Waals surface area (Å²) in [6, 6.07) is -1.85. The molecule has 0 saturated heterocycles. The highest BCUT2D eigenvalue weighted by Gasteiger charge is 2.32. The first-order valence-electron chi connectivity index (χ1n) is 13.9. The van der Waals surface area contributed by atoms with E-state index in [1.165, 1.54) is 19.9 Å². The van der Waals surface area contributed by atoms with Crippen molar-refractivity contribution in [3.05, 3.63) is 40.5 Å². The van der Waals surface area contributed by atoms with Crippen LogP contribution in [0.25, 0.3) is 0 Å². The third kappa shape index (κ3) is 8.03. The van der Waals surface area contributed by atoms with E-state index in [4.69, 9.17) is 9.26 Å². The zero-order chi connectivity index (χ0) is 31.1. The van der Waals surface area contributed by atoms with Crippen LogP contribution < -0.4 is 26.0 Å². The quantitative estimate of drug-likeness (QED) is 0.317. The van der Waals surface area contributed by atoms with Crippen LogP contribution in [0.1, 0.15) is 60.8 Å². The third-order valence-electron chi connectivity index (χ3n) is 7.07. The van der Waals surface area contributed by atoms with Crippen LogP contribution in [0, 0.1) is 19.8 Å². The summed E-state index contributed by atoms with van der Waals surface area (Å²) in [5, 5.41) is 24.6. The van der Waals surface area contributed by atoms with Gasteiger partial charge in [-0.25, -0.2) is 0 Å². The summed E-state index contributed by atoms with van der Waals surface area (Å²) in [6.45, 7) is 11.4. The lowest BCUT2D eigenvalue weighted by Gasteiger charge is -2.26. The maximum Gasteiger partial charge on any atom is 0.274 e. The van der Waals surface area contributed by atoms with Crippen molar-refractivity contribution in [1.82, 2.24) is 36.3 Å². The van der Waals surface area contributed by atoms with Crippen molar-refractivity contribution in [2.45, 2.75) is 78.9 Å². The smallest absolute Gasteiger partial charge is 0.274 e. The number of aliphatic hydroxyl groups is 1. The average Bonchev–Trinajstić information content (AvgIpc) is 3.39. The van der Waals surface area contributed by atoms with E-state index < -0.39 is 42.0 Å². The molecule has 2 aromatic rings. The SMILES string of the molecule is COc1c(C)cnc(CN2CCNC(=O)[C@H](C(C)C)NC(=O)[C@H](C)NC(=O)[C@H]([C@@H](C)O)NC(=O)c3cc(on3)C2)c1C. The van der Waals surface area contributed by atoms with Gasteiger partial charge in [-0.15, -0.1) is 0 Å². The number of nitrogens with one attached hydrogen (secondary N) is 4. The summed E-state index contributed by atoms with van der Waals surface area (Å²) in [5.41, 5.74) is 2.44. The first-order valence-corrected chi connectivity index (χ1v) is 13.9. The van der Waals surface area contributed by atoms with Gasteiger partial charge in [0.05, 0.1) is 25.5 Å². The molecule has 5 N–H and O–H groups in total. The van der Waals surface area contributed by atoms with Gasteiger partial charge < -0.3 is 35.6 Å². The number of pyridine rings is 1. The molecule has 42 heavy (non-hydrogen) atoms. The lowest BCUT2D eigenvalue weighted by atomic mass is 10.0. The van der Waals surface area contributed by atoms with Crippen LogP contribution in [0.5, 0.6) is 5.75 Å². The number of amides is 4. The minimum atomic E-state index is -1.38. The van der Waals surface area contributed by atoms with E-state index in [9.17, 15) is 24.3 Å². The Morgan fingerprint density at radius 1 is 1.07 bits per heavy atom. The summed E-state index contributed by atoms with van der Waals surface area (Å²) in [7, 11) is 1.60. The molecule has 0 aromatic carbocycles. The molecule has 3 rings (SSSR count). The Bertz CT molecular complexity index is 1290. The summed E-state index contributed by atoms with van der Waals surface area (Å²) < 4.78 is 11.0. The molecule has 2 bridgehead atoms. The zero-order valence-electron chi connectivity index (χ0n) is 25.1. The second kappa shape index (κ2) is 14.2. The number of ether oxygens (including phenoxy) is 1. The number of aryl methyl sites for hydroxylation is 1. The molecule has 1 aliphatic rings. The molecule has 3 heterocycles. The number of methoxy groups -OCH3 is 1. The number of nitrogens with zero attached hydrogens (tertiary/aromatic N) is 3. The highest BCUT2D eigenvalue weighted by Crippen LogP contribution is 2.25. The van der Waals surface area contributed by atoms with E-state index in [-0.39, 0.29) is 30.6 Å². The monoisotopic (exact) mass is 587 g/mol. The number of hydrogen-bond donors (Lipinski definition) is 5. The van der Waals surface area contributed by atoms with Crippen molar-refractivity contribution < 1.29 is 33.5 Å². The Morgan fingerprint density at radius 3 is 2.43 bits per heavy atom. The van der Waals surface area contributed by atoms with Crippen LogP contribution in [-0.4, -0.2) is 88.2 Å². The number of carbonyl (C=O) groups excluding carboxylic acids is 4. The molecule has 14 nitrogen and oxygen atoms in total. The van der Waals surface area contributed by atoms with Crippen molar-refractivity contribution in [3.63, 3.8) is 0 Å². The van der Waals surface area contributed by atoms with Crippen LogP contribution in [0.4, 0.5) is 0 Å². The molecular weight excluding hydrogens is 546 g/mol. The van der Waals surface area contributed by atoms with E-state index >= 15 is 0 Å². The van der Waals surface area contributed by atoms with Crippen LogP contribution in [0.15, 0.2) is 16.8 Å². The number of aliphatic hydroxyl groups excluding tert-OH is 1. The minimum absolute atomic E-state index is 0.0882. The molecule has 230 valence electrons. The van der Waals surface area contributed by atoms with Crippen LogP contribution >= 0.6 is 0 Å². The fourth-order valence-electron chi connectivity index (χ4n) is 4.62. The zero-order valence-corrected chi connectivity index (χ0v) is 25.1. The van der Waals surface area contributed by atoms with Crippen molar-refractivity contribution in [3.8, 4) is 5.75 Å². The Labute approximate surface area is 244 Å². The molecule has 1 aliphatic heterocycles. The molecule has 0 spiro atoms. The standard InChI is InChI=1S/C28H41N7O7/c1-14(2)22-27(39)29-8-9-35(13-21-16(4)24(41-7)15(3)11-30-21)12-19-10-20(34-42-19)26(38)33-23(18(6)36)28(40)31-17(5)25(37)32-22/h10-11,14,17-18,22-23,36H,8-9,12-13H2,1-7H3,(H,29,39)(H,31,40)(H,32,37)(H,33,38)/t17-,18+,22-,23-/m0/s1. The summed E-state index contributed by atoms with van der Waals surface area (Å²) >= 11 is 0. The Morgan fingerprint density at radius 2 is 1.79 bits per heavy atom. The van der Waals surface area contributed by atoms with Gasteiger partial charge in [-0.1, -0.05) is 19.0 Å². The number of carbonyl (C=O) groups is 4. The number of aromatic nitrogens is 2. The van der Waals surface area contributed by atoms with Gasteiger partial charge in [0, 0.05) is 43.0 Å². The van der Waals surface area contributed by atoms with Crippen molar-refractivity contribution in [1.29, 1.82) is 0 Å². The molecule has 14 heteroatoms. The van der Waals surface area contributed by atoms with Crippen molar-refractivity contribution in [2.75, 3.05) is 20.2 Å². The summed E-state index contributed by atoms with van der Waals surface area (Å²) in [6.07, 6.45) is 0.446. The molecule has 0 aliphatic carbocycles. The minimum Gasteiger partial charge on any atom is -0.496 e. The molecule has 0 fully saturated rings. The highest BCUT2D eigenvalue weighted by atomic mass is 16.5. The first kappa shape index (κ1) is 32.5. The maximum atomic E-state index is 13.1. The largest absolute Gasteiger partial charge is 0.496 e. The fourth-order valence-corrected chi connectivity index (χ4v) is 4.62. The van der Waals surface area contributed by atoms with E-state index in [1.54, 1.807) is 27.2 Å². The molecular formula is C28H41N7O7. The molecule has 0 radical (unpaired) electrons. The number of fused-ring (bicyclic) bond motifs is 2. The van der Waals surface area contributed by atoms with E-state index in [2.05, 4.69) is 31.4 Å². The Hall–Kier alpha value is -4.04. The fraction of sp³-hybridized carbons (Fsp3) is 0.571. The maximum absolute atomic E-state index is 13.1. The van der Waals surface area contributed by atoms with Gasteiger partial charge in [0.2, 0.25) is 17.7 Å². The summed E-state index contributed by atoms with van der Waals surface area (Å²) in [5.74, 6) is -1.63. The average molecular weight is 588 g/mol. The van der Waals surface area contributed by atoms with Gasteiger partial charge in [0.15, 0.2) is 11.5 Å². The molecule has 4 amide bonds. The van der Waals surface area contributed by atoms with Gasteiger partial charge in [0.25, 0.3) is 5.91 Å². The van der Waals surface area contributed by atoms with Crippen LogP contribution in [0.3, 0.4) is 0 Å². The van der Waals surface area contributed by atoms with Gasteiger partial charge >= 0.3 is 0 Å². The second-order valence-corrected chi connectivity index (χ2v) is 10.9. The summed E-state index contributed by atoms with van der Waals surface area (Å²) in [4.78, 5) is 58.4. The van der Waals surface area contributed by atoms with Crippen LogP contribution in [0.2, 0.25) is 0 Å². The van der Waals surface area contributed by atoms with E-state index in [0.29, 0.717) is 18.8 Å². The molecule has 2 aromatic heterocycles. The topological polar surface area (TPSA) is 188 Å². The molecule has 4 atom stereocenters. The van der Waals surface area contributed by atoms with Crippen molar-refractivity contribution in [2.24, 2.45) is 5.92 Å². The van der Waals surface area contributed by atoms with E-state index in [0.717, 1.165) is 22.6 Å². The van der Waals surface area contributed by atoms with Crippen LogP contribution in [-0.2, 0) is 27.5 Å². The predicted molar refractivity (Wildman–Crippen MR) is 151 cm³/mol. The number of rotatable bonds is 5. The lowest BCUT2D eigenvalue weighted by Crippen LogP contribution is -2.58. The Balaban J connectivity index is 1.94. The second-order valence-electron chi connectivity index (χ2n) is 10.9. The number of hydrogen-bond acceptors (Lipinski definition) is 10. The first-order chi connectivity index (χ1) is 19.8. The Kier molecular flexibility index (Phi) is 11.0. The van der Waals surface area contributed by atoms with E-state index in [1.807, 2.05) is 18.7 Å². The normalized spacial score (nSPS) is 22.4. The van der Waals surface area contributed by atoms with Gasteiger partial charge in [-0.2, -0.15) is 0 Å². The highest BCUT2D eigenvalue weighted by molar-refractivity contribution is 5.97. The van der Waals surface area contributed by atoms with Gasteiger partial charge in [0.1, 0.15) is 23.9 Å².